The van der Waals surface area contributed by atoms with Crippen LogP contribution in [0, 0.1) is 0 Å². The van der Waals surface area contributed by atoms with Crippen molar-refractivity contribution in [2.24, 2.45) is 0 Å². The van der Waals surface area contributed by atoms with E-state index in [0.29, 0.717) is 6.07 Å². The number of hydrogen-bond acceptors (Lipinski definition) is 5. The van der Waals surface area contributed by atoms with Gasteiger partial charge >= 0.3 is 36.6 Å². The number of esters is 1. The summed E-state index contributed by atoms with van der Waals surface area (Å²) in [5.41, 5.74) is -9.93. The number of rotatable bonds is 2. The van der Waals surface area contributed by atoms with E-state index in [0.717, 1.165) is 7.11 Å². The zero-order valence-electron chi connectivity index (χ0n) is 16.4. The van der Waals surface area contributed by atoms with Crippen LogP contribution in [0.3, 0.4) is 0 Å². The van der Waals surface area contributed by atoms with Gasteiger partial charge in [0.1, 0.15) is 11.4 Å². The Morgan fingerprint density at radius 2 is 1.00 bits per heavy atom. The molecule has 0 saturated carbocycles. The molecule has 0 unspecified atom stereocenters. The van der Waals surface area contributed by atoms with Crippen molar-refractivity contribution in [2.75, 3.05) is 7.11 Å². The Bertz CT molecular complexity index is 1090. The maximum atomic E-state index is 12.5. The fourth-order valence-electron chi connectivity index (χ4n) is 2.11. The molecular formula is C17H8F12N2O4. The van der Waals surface area contributed by atoms with Crippen molar-refractivity contribution < 1.29 is 72.1 Å². The molecule has 0 atom stereocenters. The van der Waals surface area contributed by atoms with Gasteiger partial charge in [-0.2, -0.15) is 52.7 Å². The maximum absolute atomic E-state index is 12.5. The summed E-state index contributed by atoms with van der Waals surface area (Å²) in [5.74, 6) is -3.41. The van der Waals surface area contributed by atoms with Gasteiger partial charge < -0.3 is 9.84 Å². The summed E-state index contributed by atoms with van der Waals surface area (Å²) in [6.45, 7) is 0. The van der Waals surface area contributed by atoms with Crippen molar-refractivity contribution in [3.05, 3.63) is 58.2 Å². The van der Waals surface area contributed by atoms with Crippen LogP contribution in [0.4, 0.5) is 52.7 Å². The van der Waals surface area contributed by atoms with E-state index in [1.54, 1.807) is 0 Å². The fourth-order valence-corrected chi connectivity index (χ4v) is 2.11. The van der Waals surface area contributed by atoms with Gasteiger partial charge in [-0.15, -0.1) is 0 Å². The number of alkyl halides is 12. The largest absolute Gasteiger partial charge is 0.478 e. The quantitative estimate of drug-likeness (QED) is 0.393. The van der Waals surface area contributed by atoms with E-state index in [1.165, 1.54) is 0 Å². The molecule has 1 N–H and O–H groups in total. The minimum Gasteiger partial charge on any atom is -0.478 e. The number of carboxylic acids is 1. The second-order valence-electron chi connectivity index (χ2n) is 5.97. The average molecular weight is 532 g/mol. The predicted octanol–water partition coefficient (Wildman–Crippen LogP) is 5.72. The van der Waals surface area contributed by atoms with E-state index in [1.807, 2.05) is 0 Å². The number of nitrogens with zero attached hydrogens (tertiary/aromatic N) is 2. The van der Waals surface area contributed by atoms with Crippen molar-refractivity contribution in [3.63, 3.8) is 0 Å². The standard InChI is InChI=1S/C9H5F6NO2.C8H3F6NO2/c1-18-7(17)4-2-3-5(8(10,11)12)16-6(4)9(13,14)15;9-7(10,11)4-2-1-3(6(16)17)5(15-4)8(12,13)14/h2-3H,1H3;1-2H,(H,16,17). The Morgan fingerprint density at radius 3 is 1.29 bits per heavy atom. The molecule has 0 radical (unpaired) electrons. The third-order valence-corrected chi connectivity index (χ3v) is 3.54. The minimum absolute atomic E-state index is 0.179. The van der Waals surface area contributed by atoms with Crippen LogP contribution in [-0.4, -0.2) is 34.1 Å². The molecule has 0 saturated heterocycles. The molecule has 0 aromatic carbocycles. The number of pyridine rings is 2. The molecule has 2 rings (SSSR count). The van der Waals surface area contributed by atoms with Crippen LogP contribution in [-0.2, 0) is 29.4 Å². The molecule has 6 nitrogen and oxygen atoms in total. The van der Waals surface area contributed by atoms with Crippen LogP contribution in [0.1, 0.15) is 43.5 Å². The lowest BCUT2D eigenvalue weighted by Crippen LogP contribution is -2.20. The highest BCUT2D eigenvalue weighted by Crippen LogP contribution is 2.36. The number of halogens is 12. The Hall–Kier alpha value is -3.60. The predicted molar refractivity (Wildman–Crippen MR) is 86.8 cm³/mol. The number of ether oxygens (including phenoxy) is 1. The lowest BCUT2D eigenvalue weighted by Gasteiger charge is -2.13. The Morgan fingerprint density at radius 1 is 0.657 bits per heavy atom. The lowest BCUT2D eigenvalue weighted by molar-refractivity contribution is -0.151. The van der Waals surface area contributed by atoms with E-state index < -0.39 is 70.5 Å². The molecule has 18 heteroatoms. The van der Waals surface area contributed by atoms with Gasteiger partial charge in [0, 0.05) is 0 Å². The van der Waals surface area contributed by atoms with Gasteiger partial charge in [-0.25, -0.2) is 19.6 Å². The average Bonchev–Trinajstić information content (AvgIpc) is 2.70. The summed E-state index contributed by atoms with van der Waals surface area (Å²) in [6.07, 6.45) is -20.6. The summed E-state index contributed by atoms with van der Waals surface area (Å²) in [6, 6.07) is 1.06. The number of aromatic carboxylic acids is 1. The van der Waals surface area contributed by atoms with Crippen LogP contribution in [0.15, 0.2) is 24.3 Å². The monoisotopic (exact) mass is 532 g/mol. The molecule has 2 heterocycles. The smallest absolute Gasteiger partial charge is 0.434 e. The number of carbonyl (C=O) groups is 2. The molecule has 0 aliphatic carbocycles. The summed E-state index contributed by atoms with van der Waals surface area (Å²) < 4.78 is 151. The molecule has 194 valence electrons. The third-order valence-electron chi connectivity index (χ3n) is 3.54. The molecule has 35 heavy (non-hydrogen) atoms. The van der Waals surface area contributed by atoms with E-state index >= 15 is 0 Å². The molecule has 0 aliphatic heterocycles. The van der Waals surface area contributed by atoms with E-state index in [2.05, 4.69) is 14.7 Å². The SMILES string of the molecule is COC(=O)c1ccc(C(F)(F)F)nc1C(F)(F)F.O=C(O)c1ccc(C(F)(F)F)nc1C(F)(F)F. The van der Waals surface area contributed by atoms with Crippen LogP contribution in [0.5, 0.6) is 0 Å². The van der Waals surface area contributed by atoms with Gasteiger partial charge in [-0.05, 0) is 24.3 Å². The normalized spacial score (nSPS) is 12.5. The van der Waals surface area contributed by atoms with E-state index in [9.17, 15) is 62.3 Å². The number of carbonyl (C=O) groups excluding carboxylic acids is 1. The second kappa shape index (κ2) is 9.95. The molecule has 2 aromatic rings. The summed E-state index contributed by atoms with van der Waals surface area (Å²) >= 11 is 0. The highest BCUT2D eigenvalue weighted by molar-refractivity contribution is 5.90. The zero-order chi connectivity index (χ0) is 27.6. The number of hydrogen-bond donors (Lipinski definition) is 1. The third kappa shape index (κ3) is 7.71. The first-order valence-electron chi connectivity index (χ1n) is 8.23. The summed E-state index contributed by atoms with van der Waals surface area (Å²) in [7, 11) is 0.806. The second-order valence-corrected chi connectivity index (χ2v) is 5.97. The van der Waals surface area contributed by atoms with Crippen LogP contribution in [0.2, 0.25) is 0 Å². The molecule has 0 bridgehead atoms. The number of carboxylic acid groups (broad SMARTS) is 1. The van der Waals surface area contributed by atoms with Crippen molar-refractivity contribution in [3.8, 4) is 0 Å². The van der Waals surface area contributed by atoms with Crippen molar-refractivity contribution in [2.45, 2.75) is 24.7 Å². The van der Waals surface area contributed by atoms with Gasteiger partial charge in [0.15, 0.2) is 11.4 Å². The Labute approximate surface area is 185 Å². The highest BCUT2D eigenvalue weighted by Gasteiger charge is 2.42. The molecule has 2 aromatic heterocycles. The molecule has 0 amide bonds. The van der Waals surface area contributed by atoms with Gasteiger partial charge in [0.05, 0.1) is 18.2 Å². The van der Waals surface area contributed by atoms with Crippen LogP contribution >= 0.6 is 0 Å². The fraction of sp³-hybridized carbons (Fsp3) is 0.294. The number of aromatic nitrogens is 2. The first kappa shape index (κ1) is 29.4. The first-order valence-corrected chi connectivity index (χ1v) is 8.23. The summed E-state index contributed by atoms with van der Waals surface area (Å²) in [5, 5.41) is 8.40. The van der Waals surface area contributed by atoms with E-state index in [4.69, 9.17) is 5.11 Å². The molecule has 0 spiro atoms. The van der Waals surface area contributed by atoms with Crippen molar-refractivity contribution >= 4 is 11.9 Å². The molecule has 0 fully saturated rings. The van der Waals surface area contributed by atoms with Crippen LogP contribution in [0.25, 0.3) is 0 Å². The van der Waals surface area contributed by atoms with Gasteiger partial charge in [0.25, 0.3) is 0 Å². The minimum atomic E-state index is -5.27. The van der Waals surface area contributed by atoms with Gasteiger partial charge in [-0.1, -0.05) is 0 Å². The highest BCUT2D eigenvalue weighted by atomic mass is 19.4. The number of methoxy groups -OCH3 is 1. The summed E-state index contributed by atoms with van der Waals surface area (Å²) in [4.78, 5) is 26.1. The Balaban J connectivity index is 0.000000351. The van der Waals surface area contributed by atoms with Crippen molar-refractivity contribution in [1.29, 1.82) is 0 Å². The lowest BCUT2D eigenvalue weighted by atomic mass is 10.1. The molecular weight excluding hydrogens is 524 g/mol. The Kier molecular flexibility index (Phi) is 8.36. The van der Waals surface area contributed by atoms with Gasteiger partial charge in [-0.3, -0.25) is 0 Å². The zero-order valence-corrected chi connectivity index (χ0v) is 16.4. The van der Waals surface area contributed by atoms with Crippen molar-refractivity contribution in [1.82, 2.24) is 9.97 Å². The van der Waals surface area contributed by atoms with Crippen LogP contribution < -0.4 is 0 Å². The topological polar surface area (TPSA) is 89.4 Å². The van der Waals surface area contributed by atoms with E-state index in [-0.39, 0.29) is 18.2 Å². The molecule has 0 aliphatic rings. The maximum Gasteiger partial charge on any atom is 0.434 e. The van der Waals surface area contributed by atoms with Gasteiger partial charge in [0.2, 0.25) is 0 Å². The first-order chi connectivity index (χ1) is 15.6.